The Balaban J connectivity index is 1.97. The van der Waals surface area contributed by atoms with Crippen molar-refractivity contribution in [2.24, 2.45) is 12.8 Å². The fraction of sp³-hybridized carbons (Fsp3) is 0.526. The van der Waals surface area contributed by atoms with Crippen LogP contribution in [0.1, 0.15) is 66.6 Å². The molecule has 0 aliphatic heterocycles. The molecule has 1 aliphatic rings. The fourth-order valence-electron chi connectivity index (χ4n) is 3.51. The minimum absolute atomic E-state index is 0.234. The molecule has 2 N–H and O–H groups in total. The van der Waals surface area contributed by atoms with Crippen molar-refractivity contribution in [3.63, 3.8) is 0 Å². The number of hydrogen-bond acceptors (Lipinski definition) is 2. The molecule has 1 unspecified atom stereocenters. The van der Waals surface area contributed by atoms with Crippen LogP contribution in [0.25, 0.3) is 0 Å². The lowest BCUT2D eigenvalue weighted by Gasteiger charge is -2.21. The molecule has 3 rings (SSSR count). The van der Waals surface area contributed by atoms with Gasteiger partial charge in [-0.1, -0.05) is 32.0 Å². The van der Waals surface area contributed by atoms with Gasteiger partial charge < -0.3 is 5.73 Å². The summed E-state index contributed by atoms with van der Waals surface area (Å²) in [5, 5.41) is 4.65. The first-order chi connectivity index (χ1) is 10.6. The van der Waals surface area contributed by atoms with Crippen LogP contribution in [0.2, 0.25) is 0 Å². The number of rotatable bonds is 4. The number of nitrogens with two attached hydrogens (primary N) is 1. The highest BCUT2D eigenvalue weighted by Gasteiger charge is 2.20. The number of nitrogens with zero attached hydrogens (tertiary/aromatic N) is 2. The van der Waals surface area contributed by atoms with Crippen molar-refractivity contribution in [3.8, 4) is 0 Å². The summed E-state index contributed by atoms with van der Waals surface area (Å²) >= 11 is 0. The molecule has 3 heteroatoms. The molecule has 1 aromatic carbocycles. The maximum Gasteiger partial charge on any atom is 0.0653 e. The van der Waals surface area contributed by atoms with Crippen LogP contribution in [0, 0.1) is 0 Å². The van der Waals surface area contributed by atoms with E-state index in [1.807, 2.05) is 11.7 Å². The first-order valence-electron chi connectivity index (χ1n) is 8.45. The monoisotopic (exact) mass is 297 g/mol. The van der Waals surface area contributed by atoms with Crippen LogP contribution in [0.5, 0.6) is 0 Å². The highest BCUT2D eigenvalue weighted by molar-refractivity contribution is 5.39. The van der Waals surface area contributed by atoms with Gasteiger partial charge in [-0.3, -0.25) is 4.68 Å². The Bertz CT molecular complexity index is 655. The molecule has 0 amide bonds. The summed E-state index contributed by atoms with van der Waals surface area (Å²) in [6, 6.07) is 9.19. The van der Waals surface area contributed by atoms with Crippen molar-refractivity contribution in [2.75, 3.05) is 6.54 Å². The SMILES string of the molecule is CC(C)c1cc(C(CN)c2ccc3c(c2)CCCC3)n(C)n1. The standard InChI is InChI=1S/C19H27N3/c1-13(2)18-11-19(22(3)21-18)17(12-20)16-9-8-14-6-4-5-7-15(14)10-16/h8-11,13,17H,4-7,12,20H2,1-3H3. The zero-order chi connectivity index (χ0) is 15.7. The Kier molecular flexibility index (Phi) is 4.34. The van der Waals surface area contributed by atoms with E-state index in [9.17, 15) is 0 Å². The lowest BCUT2D eigenvalue weighted by Crippen LogP contribution is -2.17. The first-order valence-corrected chi connectivity index (χ1v) is 8.45. The van der Waals surface area contributed by atoms with Crippen LogP contribution >= 0.6 is 0 Å². The van der Waals surface area contributed by atoms with E-state index < -0.39 is 0 Å². The van der Waals surface area contributed by atoms with Crippen molar-refractivity contribution in [1.82, 2.24) is 9.78 Å². The second kappa shape index (κ2) is 6.25. The van der Waals surface area contributed by atoms with Gasteiger partial charge in [0.1, 0.15) is 0 Å². The number of aromatic nitrogens is 2. The molecule has 0 spiro atoms. The Hall–Kier alpha value is -1.61. The number of hydrogen-bond donors (Lipinski definition) is 1. The molecule has 0 saturated carbocycles. The average molecular weight is 297 g/mol. The van der Waals surface area contributed by atoms with Crippen molar-refractivity contribution in [1.29, 1.82) is 0 Å². The Labute approximate surface area is 133 Å². The molecule has 0 bridgehead atoms. The maximum absolute atomic E-state index is 6.13. The van der Waals surface area contributed by atoms with Crippen LogP contribution < -0.4 is 5.73 Å². The van der Waals surface area contributed by atoms with Gasteiger partial charge in [0.05, 0.1) is 5.69 Å². The van der Waals surface area contributed by atoms with Crippen LogP contribution in [-0.2, 0) is 19.9 Å². The van der Waals surface area contributed by atoms with Crippen LogP contribution in [-0.4, -0.2) is 16.3 Å². The van der Waals surface area contributed by atoms with Gasteiger partial charge in [-0.05, 0) is 54.4 Å². The van der Waals surface area contributed by atoms with Crippen LogP contribution in [0.3, 0.4) is 0 Å². The van der Waals surface area contributed by atoms with Crippen molar-refractivity contribution in [2.45, 2.75) is 51.4 Å². The fourth-order valence-corrected chi connectivity index (χ4v) is 3.51. The normalized spacial score (nSPS) is 15.9. The molecule has 1 aromatic heterocycles. The van der Waals surface area contributed by atoms with E-state index in [1.54, 1.807) is 0 Å². The minimum atomic E-state index is 0.234. The van der Waals surface area contributed by atoms with E-state index in [-0.39, 0.29) is 5.92 Å². The van der Waals surface area contributed by atoms with Gasteiger partial charge in [0.2, 0.25) is 0 Å². The molecule has 1 heterocycles. The van der Waals surface area contributed by atoms with Gasteiger partial charge in [0.25, 0.3) is 0 Å². The summed E-state index contributed by atoms with van der Waals surface area (Å²) in [7, 11) is 2.03. The van der Waals surface area contributed by atoms with Crippen molar-refractivity contribution >= 4 is 0 Å². The van der Waals surface area contributed by atoms with Crippen LogP contribution in [0.4, 0.5) is 0 Å². The number of benzene rings is 1. The van der Waals surface area contributed by atoms with Gasteiger partial charge in [-0.25, -0.2) is 0 Å². The molecule has 1 aliphatic carbocycles. The molecule has 2 aromatic rings. The van der Waals surface area contributed by atoms with Gasteiger partial charge in [0, 0.05) is 25.2 Å². The van der Waals surface area contributed by atoms with Crippen LogP contribution in [0.15, 0.2) is 24.3 Å². The molecule has 0 fully saturated rings. The zero-order valence-electron chi connectivity index (χ0n) is 14.0. The smallest absolute Gasteiger partial charge is 0.0653 e. The minimum Gasteiger partial charge on any atom is -0.329 e. The predicted molar refractivity (Wildman–Crippen MR) is 91.3 cm³/mol. The topological polar surface area (TPSA) is 43.8 Å². The second-order valence-electron chi connectivity index (χ2n) is 6.80. The molecule has 3 nitrogen and oxygen atoms in total. The van der Waals surface area contributed by atoms with E-state index in [0.29, 0.717) is 12.5 Å². The average Bonchev–Trinajstić information content (AvgIpc) is 2.90. The second-order valence-corrected chi connectivity index (χ2v) is 6.80. The third-order valence-corrected chi connectivity index (χ3v) is 4.89. The van der Waals surface area contributed by atoms with Crippen molar-refractivity contribution in [3.05, 3.63) is 52.3 Å². The van der Waals surface area contributed by atoms with Gasteiger partial charge in [-0.2, -0.15) is 5.10 Å². The highest BCUT2D eigenvalue weighted by Crippen LogP contribution is 2.30. The molecule has 118 valence electrons. The Morgan fingerprint density at radius 1 is 1.14 bits per heavy atom. The molecular formula is C19H27N3. The quantitative estimate of drug-likeness (QED) is 0.938. The summed E-state index contributed by atoms with van der Waals surface area (Å²) in [6.45, 7) is 4.99. The van der Waals surface area contributed by atoms with Gasteiger partial charge in [-0.15, -0.1) is 0 Å². The van der Waals surface area contributed by atoms with E-state index in [1.165, 1.54) is 48.1 Å². The lowest BCUT2D eigenvalue weighted by atomic mass is 9.86. The summed E-state index contributed by atoms with van der Waals surface area (Å²) in [6.07, 6.45) is 5.08. The van der Waals surface area contributed by atoms with E-state index in [0.717, 1.165) is 5.69 Å². The Morgan fingerprint density at radius 3 is 2.50 bits per heavy atom. The summed E-state index contributed by atoms with van der Waals surface area (Å²) < 4.78 is 2.01. The largest absolute Gasteiger partial charge is 0.329 e. The highest BCUT2D eigenvalue weighted by atomic mass is 15.3. The molecular weight excluding hydrogens is 270 g/mol. The van der Waals surface area contributed by atoms with Crippen molar-refractivity contribution < 1.29 is 0 Å². The molecule has 1 atom stereocenters. The Morgan fingerprint density at radius 2 is 1.86 bits per heavy atom. The maximum atomic E-state index is 6.13. The third kappa shape index (κ3) is 2.82. The predicted octanol–water partition coefficient (Wildman–Crippen LogP) is 3.51. The van der Waals surface area contributed by atoms with E-state index in [2.05, 4.69) is 43.2 Å². The zero-order valence-corrected chi connectivity index (χ0v) is 14.0. The first kappa shape index (κ1) is 15.3. The number of aryl methyl sites for hydroxylation is 3. The third-order valence-electron chi connectivity index (χ3n) is 4.89. The van der Waals surface area contributed by atoms with E-state index >= 15 is 0 Å². The summed E-state index contributed by atoms with van der Waals surface area (Å²) in [4.78, 5) is 0. The summed E-state index contributed by atoms with van der Waals surface area (Å²) in [5.74, 6) is 0.680. The lowest BCUT2D eigenvalue weighted by molar-refractivity contribution is 0.645. The van der Waals surface area contributed by atoms with E-state index in [4.69, 9.17) is 5.73 Å². The summed E-state index contributed by atoms with van der Waals surface area (Å²) in [5.41, 5.74) is 12.9. The molecule has 0 saturated heterocycles. The molecule has 22 heavy (non-hydrogen) atoms. The van der Waals surface area contributed by atoms with Gasteiger partial charge in [0.15, 0.2) is 0 Å². The molecule has 0 radical (unpaired) electrons. The van der Waals surface area contributed by atoms with Gasteiger partial charge >= 0.3 is 0 Å². The number of fused-ring (bicyclic) bond motifs is 1.